The summed E-state index contributed by atoms with van der Waals surface area (Å²) < 4.78 is 0. The number of alkyl halides is 2. The molecule has 0 N–H and O–H groups in total. The summed E-state index contributed by atoms with van der Waals surface area (Å²) in [5, 5.41) is 0. The summed E-state index contributed by atoms with van der Waals surface area (Å²) in [5.74, 6) is -0.175. The summed E-state index contributed by atoms with van der Waals surface area (Å²) in [6, 6.07) is 10.4. The Labute approximate surface area is 124 Å². The van der Waals surface area contributed by atoms with Crippen LogP contribution in [0.1, 0.15) is 5.56 Å². The quantitative estimate of drug-likeness (QED) is 0.796. The first-order valence-electron chi connectivity index (χ1n) is 6.50. The van der Waals surface area contributed by atoms with Crippen molar-refractivity contribution in [2.24, 2.45) is 0 Å². The predicted octanol–water partition coefficient (Wildman–Crippen LogP) is 2.18. The van der Waals surface area contributed by atoms with E-state index in [4.69, 9.17) is 23.2 Å². The summed E-state index contributed by atoms with van der Waals surface area (Å²) in [5.41, 5.74) is 1.35. The highest BCUT2D eigenvalue weighted by Gasteiger charge is 2.24. The SMILES string of the molecule is O=C(C(Cl)Cl)N1CCN(CCc2ccccc2)CC1. The van der Waals surface area contributed by atoms with Gasteiger partial charge >= 0.3 is 0 Å². The van der Waals surface area contributed by atoms with E-state index in [9.17, 15) is 4.79 Å². The second-order valence-corrected chi connectivity index (χ2v) is 5.80. The van der Waals surface area contributed by atoms with Gasteiger partial charge in [-0.05, 0) is 12.0 Å². The van der Waals surface area contributed by atoms with Gasteiger partial charge in [0.25, 0.3) is 5.91 Å². The van der Waals surface area contributed by atoms with Crippen molar-refractivity contribution in [2.75, 3.05) is 32.7 Å². The first kappa shape index (κ1) is 14.6. The van der Waals surface area contributed by atoms with Gasteiger partial charge in [0, 0.05) is 32.7 Å². The zero-order valence-corrected chi connectivity index (χ0v) is 12.3. The smallest absolute Gasteiger partial charge is 0.255 e. The maximum atomic E-state index is 11.6. The fraction of sp³-hybridized carbons (Fsp3) is 0.500. The van der Waals surface area contributed by atoms with E-state index in [0.29, 0.717) is 13.1 Å². The molecular weight excluding hydrogens is 283 g/mol. The molecule has 0 atom stereocenters. The van der Waals surface area contributed by atoms with Crippen molar-refractivity contribution in [3.63, 3.8) is 0 Å². The maximum Gasteiger partial charge on any atom is 0.255 e. The topological polar surface area (TPSA) is 23.6 Å². The highest BCUT2D eigenvalue weighted by atomic mass is 35.5. The van der Waals surface area contributed by atoms with Gasteiger partial charge in [-0.1, -0.05) is 53.5 Å². The number of benzene rings is 1. The Bertz CT molecular complexity index is 403. The lowest BCUT2D eigenvalue weighted by molar-refractivity contribution is -0.131. The Hall–Kier alpha value is -0.770. The van der Waals surface area contributed by atoms with Crippen molar-refractivity contribution >= 4 is 29.1 Å². The molecule has 0 unspecified atom stereocenters. The lowest BCUT2D eigenvalue weighted by Crippen LogP contribution is -2.50. The number of amides is 1. The van der Waals surface area contributed by atoms with Crippen LogP contribution in [0, 0.1) is 0 Å². The van der Waals surface area contributed by atoms with Crippen LogP contribution in [0.4, 0.5) is 0 Å². The summed E-state index contributed by atoms with van der Waals surface area (Å²) in [7, 11) is 0. The van der Waals surface area contributed by atoms with Crippen molar-refractivity contribution < 1.29 is 4.79 Å². The number of nitrogens with zero attached hydrogens (tertiary/aromatic N) is 2. The standard InChI is InChI=1S/C14H18Cl2N2O/c15-13(16)14(19)18-10-8-17(9-11-18)7-6-12-4-2-1-3-5-12/h1-5,13H,6-11H2. The largest absolute Gasteiger partial charge is 0.338 e. The summed E-state index contributed by atoms with van der Waals surface area (Å²) in [6.07, 6.45) is 1.04. The van der Waals surface area contributed by atoms with E-state index in [1.54, 1.807) is 4.90 Å². The van der Waals surface area contributed by atoms with Crippen molar-refractivity contribution in [3.05, 3.63) is 35.9 Å². The number of halogens is 2. The molecule has 1 aliphatic rings. The van der Waals surface area contributed by atoms with Gasteiger partial charge < -0.3 is 4.90 Å². The third-order valence-electron chi connectivity index (χ3n) is 3.43. The lowest BCUT2D eigenvalue weighted by Gasteiger charge is -2.35. The monoisotopic (exact) mass is 300 g/mol. The number of rotatable bonds is 4. The first-order valence-corrected chi connectivity index (χ1v) is 7.37. The van der Waals surface area contributed by atoms with Gasteiger partial charge in [0.15, 0.2) is 4.84 Å². The van der Waals surface area contributed by atoms with Crippen molar-refractivity contribution in [3.8, 4) is 0 Å². The number of carbonyl (C=O) groups is 1. The highest BCUT2D eigenvalue weighted by Crippen LogP contribution is 2.11. The van der Waals surface area contributed by atoms with E-state index >= 15 is 0 Å². The molecule has 1 aromatic rings. The van der Waals surface area contributed by atoms with Gasteiger partial charge in [-0.3, -0.25) is 9.69 Å². The normalized spacial score (nSPS) is 16.9. The van der Waals surface area contributed by atoms with Gasteiger partial charge in [0.1, 0.15) is 0 Å². The Morgan fingerprint density at radius 1 is 1.11 bits per heavy atom. The molecule has 1 aromatic carbocycles. The molecule has 0 radical (unpaired) electrons. The molecule has 0 aliphatic carbocycles. The molecule has 1 aliphatic heterocycles. The van der Waals surface area contributed by atoms with Crippen LogP contribution in [-0.2, 0) is 11.2 Å². The Kier molecular flexibility index (Phi) is 5.49. The van der Waals surface area contributed by atoms with Gasteiger partial charge in [0.05, 0.1) is 0 Å². The molecule has 0 bridgehead atoms. The Morgan fingerprint density at radius 2 is 1.74 bits per heavy atom. The molecule has 3 nitrogen and oxygen atoms in total. The first-order chi connectivity index (χ1) is 9.16. The molecule has 1 amide bonds. The summed E-state index contributed by atoms with van der Waals surface area (Å²) in [6.45, 7) is 4.22. The van der Waals surface area contributed by atoms with Crippen molar-refractivity contribution in [2.45, 2.75) is 11.3 Å². The maximum absolute atomic E-state index is 11.6. The van der Waals surface area contributed by atoms with Gasteiger partial charge in [-0.25, -0.2) is 0 Å². The van der Waals surface area contributed by atoms with Crippen LogP contribution in [-0.4, -0.2) is 53.3 Å². The average molecular weight is 301 g/mol. The third-order valence-corrected chi connectivity index (χ3v) is 3.80. The van der Waals surface area contributed by atoms with E-state index in [1.165, 1.54) is 5.56 Å². The lowest BCUT2D eigenvalue weighted by atomic mass is 10.1. The minimum absolute atomic E-state index is 0.175. The van der Waals surface area contributed by atoms with Crippen LogP contribution in [0.5, 0.6) is 0 Å². The molecule has 1 fully saturated rings. The zero-order chi connectivity index (χ0) is 13.7. The van der Waals surface area contributed by atoms with Crippen LogP contribution in [0.2, 0.25) is 0 Å². The molecule has 5 heteroatoms. The second kappa shape index (κ2) is 7.13. The van der Waals surface area contributed by atoms with Crippen molar-refractivity contribution in [1.82, 2.24) is 9.80 Å². The predicted molar refractivity (Wildman–Crippen MR) is 78.7 cm³/mol. The molecular formula is C14H18Cl2N2O. The van der Waals surface area contributed by atoms with Crippen LogP contribution >= 0.6 is 23.2 Å². The molecule has 104 valence electrons. The van der Waals surface area contributed by atoms with E-state index in [0.717, 1.165) is 26.1 Å². The fourth-order valence-electron chi connectivity index (χ4n) is 2.26. The van der Waals surface area contributed by atoms with Gasteiger partial charge in [-0.15, -0.1) is 0 Å². The third kappa shape index (κ3) is 4.37. The highest BCUT2D eigenvalue weighted by molar-refractivity contribution is 6.53. The van der Waals surface area contributed by atoms with Crippen molar-refractivity contribution in [1.29, 1.82) is 0 Å². The van der Waals surface area contributed by atoms with E-state index < -0.39 is 4.84 Å². The van der Waals surface area contributed by atoms with Crippen LogP contribution in [0.3, 0.4) is 0 Å². The molecule has 0 saturated carbocycles. The molecule has 2 rings (SSSR count). The second-order valence-electron chi connectivity index (χ2n) is 4.70. The van der Waals surface area contributed by atoms with E-state index in [1.807, 2.05) is 6.07 Å². The number of carbonyl (C=O) groups excluding carboxylic acids is 1. The minimum atomic E-state index is -0.934. The molecule has 0 aromatic heterocycles. The number of piperazine rings is 1. The molecule has 0 spiro atoms. The van der Waals surface area contributed by atoms with Gasteiger partial charge in [0.2, 0.25) is 0 Å². The summed E-state index contributed by atoms with van der Waals surface area (Å²) in [4.78, 5) is 14.8. The molecule has 1 saturated heterocycles. The zero-order valence-electron chi connectivity index (χ0n) is 10.8. The van der Waals surface area contributed by atoms with E-state index in [-0.39, 0.29) is 5.91 Å². The van der Waals surface area contributed by atoms with Crippen LogP contribution < -0.4 is 0 Å². The minimum Gasteiger partial charge on any atom is -0.338 e. The van der Waals surface area contributed by atoms with Gasteiger partial charge in [-0.2, -0.15) is 0 Å². The average Bonchev–Trinajstić information content (AvgIpc) is 2.46. The van der Waals surface area contributed by atoms with Crippen LogP contribution in [0.25, 0.3) is 0 Å². The Balaban J connectivity index is 1.73. The number of hydrogen-bond acceptors (Lipinski definition) is 2. The molecule has 19 heavy (non-hydrogen) atoms. The molecule has 1 heterocycles. The van der Waals surface area contributed by atoms with E-state index in [2.05, 4.69) is 29.2 Å². The number of hydrogen-bond donors (Lipinski definition) is 0. The fourth-order valence-corrected chi connectivity index (χ4v) is 2.54. The van der Waals surface area contributed by atoms with Crippen LogP contribution in [0.15, 0.2) is 30.3 Å². The summed E-state index contributed by atoms with van der Waals surface area (Å²) >= 11 is 11.2. The Morgan fingerprint density at radius 3 is 2.32 bits per heavy atom.